The number of hydrogen-bond donors (Lipinski definition) is 4. The third kappa shape index (κ3) is 9.46. The van der Waals surface area contributed by atoms with Gasteiger partial charge in [0, 0.05) is 19.4 Å². The number of carbonyl (C=O) groups is 4. The van der Waals surface area contributed by atoms with Gasteiger partial charge in [0.05, 0.1) is 15.8 Å². The van der Waals surface area contributed by atoms with Gasteiger partial charge >= 0.3 is 5.97 Å². The van der Waals surface area contributed by atoms with Crippen LogP contribution in [0.1, 0.15) is 59.9 Å². The number of phenols is 1. The van der Waals surface area contributed by atoms with Gasteiger partial charge in [-0.1, -0.05) is 31.6 Å². The lowest BCUT2D eigenvalue weighted by Crippen LogP contribution is -2.58. The van der Waals surface area contributed by atoms with Crippen molar-refractivity contribution in [2.45, 2.75) is 91.1 Å². The summed E-state index contributed by atoms with van der Waals surface area (Å²) in [6, 6.07) is 1.46. The highest BCUT2D eigenvalue weighted by atomic mass is 127. The minimum atomic E-state index is -1.36. The Kier molecular flexibility index (Phi) is 12.4. The molecule has 0 saturated heterocycles. The van der Waals surface area contributed by atoms with E-state index in [1.165, 1.54) is 24.9 Å². The number of ether oxygens (including phenoxy) is 1. The molecule has 40 heavy (non-hydrogen) atoms. The fourth-order valence-corrected chi connectivity index (χ4v) is 5.43. The number of esters is 1. The first-order valence-corrected chi connectivity index (χ1v) is 14.6. The van der Waals surface area contributed by atoms with Gasteiger partial charge in [-0.05, 0) is 86.7 Å². The van der Waals surface area contributed by atoms with E-state index in [-0.39, 0.29) is 29.9 Å². The van der Waals surface area contributed by atoms with Crippen LogP contribution in [0.15, 0.2) is 29.8 Å². The van der Waals surface area contributed by atoms with Gasteiger partial charge in [0.2, 0.25) is 17.7 Å². The summed E-state index contributed by atoms with van der Waals surface area (Å²) in [5.41, 5.74) is 1.67. The molecular formula is C29H42IN3O7. The normalized spacial score (nSPS) is 30.2. The number of halogens is 1. The molecule has 2 rings (SSSR count). The van der Waals surface area contributed by atoms with Gasteiger partial charge in [-0.25, -0.2) is 4.79 Å². The summed E-state index contributed by atoms with van der Waals surface area (Å²) in [5.74, 6) is -2.48. The van der Waals surface area contributed by atoms with E-state index in [2.05, 4.69) is 10.6 Å². The number of benzene rings is 1. The molecule has 0 spiro atoms. The van der Waals surface area contributed by atoms with E-state index >= 15 is 0 Å². The van der Waals surface area contributed by atoms with Gasteiger partial charge in [-0.2, -0.15) is 0 Å². The molecule has 3 amide bonds. The summed E-state index contributed by atoms with van der Waals surface area (Å²) in [5, 5.41) is 25.6. The van der Waals surface area contributed by atoms with E-state index in [0.29, 0.717) is 22.0 Å². The molecule has 1 heterocycles. The molecule has 0 bridgehead atoms. The molecule has 0 aromatic heterocycles. The molecule has 1 aromatic rings. The number of likely N-dealkylation sites (N-methyl/N-ethyl adjacent to an activating group) is 1. The number of nitrogens with zero attached hydrogens (tertiary/aromatic N) is 1. The van der Waals surface area contributed by atoms with E-state index in [1.54, 1.807) is 32.9 Å². The average Bonchev–Trinajstić information content (AvgIpc) is 2.85. The SMILES string of the molecule is C/C1=C\[C@H](C)C[C@H](C)OC(=O)[C@H](C(C)O)NC(=O)[C@@H](Cc2ccc(O)c(I)c2)N(C)C(=O)[C@H](C)NC(=O)[C@@H](C)C1. The molecule has 0 radical (unpaired) electrons. The first-order chi connectivity index (χ1) is 18.6. The number of amides is 3. The highest BCUT2D eigenvalue weighted by molar-refractivity contribution is 14.1. The summed E-state index contributed by atoms with van der Waals surface area (Å²) >= 11 is 1.96. The summed E-state index contributed by atoms with van der Waals surface area (Å²) in [6.45, 7) is 10.4. The summed E-state index contributed by atoms with van der Waals surface area (Å²) in [7, 11) is 1.45. The third-order valence-corrected chi connectivity index (χ3v) is 7.85. The van der Waals surface area contributed by atoms with Crippen LogP contribution in [0.4, 0.5) is 0 Å². The summed E-state index contributed by atoms with van der Waals surface area (Å²) < 4.78 is 6.16. The lowest BCUT2D eigenvalue weighted by atomic mass is 9.95. The minimum absolute atomic E-state index is 0.0446. The second kappa shape index (κ2) is 14.8. The highest BCUT2D eigenvalue weighted by Gasteiger charge is 2.35. The van der Waals surface area contributed by atoms with Gasteiger partial charge < -0.3 is 30.5 Å². The number of phenolic OH excluding ortho intramolecular Hbond substituents is 1. The molecule has 10 nitrogen and oxygen atoms in total. The van der Waals surface area contributed by atoms with Gasteiger partial charge in [0.1, 0.15) is 17.8 Å². The average molecular weight is 672 g/mol. The van der Waals surface area contributed by atoms with Crippen molar-refractivity contribution in [1.29, 1.82) is 0 Å². The van der Waals surface area contributed by atoms with Crippen molar-refractivity contribution in [3.05, 3.63) is 39.0 Å². The number of cyclic esters (lactones) is 1. The number of aromatic hydroxyl groups is 1. The molecule has 0 saturated carbocycles. The van der Waals surface area contributed by atoms with E-state index < -0.39 is 48.1 Å². The van der Waals surface area contributed by atoms with E-state index in [4.69, 9.17) is 4.74 Å². The van der Waals surface area contributed by atoms with Gasteiger partial charge in [-0.3, -0.25) is 14.4 Å². The topological polar surface area (TPSA) is 145 Å². The fraction of sp³-hybridized carbons (Fsp3) is 0.586. The van der Waals surface area contributed by atoms with E-state index in [9.17, 15) is 29.4 Å². The molecule has 222 valence electrons. The van der Waals surface area contributed by atoms with Crippen LogP contribution >= 0.6 is 22.6 Å². The Morgan fingerprint density at radius 1 is 1.10 bits per heavy atom. The Hall–Kier alpha value is -2.67. The second-order valence-electron chi connectivity index (χ2n) is 11.0. The molecule has 0 aliphatic carbocycles. The monoisotopic (exact) mass is 671 g/mol. The lowest BCUT2D eigenvalue weighted by Gasteiger charge is -2.32. The number of nitrogens with one attached hydrogen (secondary N) is 2. The Labute approximate surface area is 250 Å². The van der Waals surface area contributed by atoms with Crippen molar-refractivity contribution in [2.24, 2.45) is 11.8 Å². The van der Waals surface area contributed by atoms with Crippen LogP contribution in [-0.2, 0) is 30.3 Å². The first-order valence-electron chi connectivity index (χ1n) is 13.5. The predicted molar refractivity (Wildman–Crippen MR) is 159 cm³/mol. The maximum Gasteiger partial charge on any atom is 0.331 e. The third-order valence-electron chi connectivity index (χ3n) is 6.99. The highest BCUT2D eigenvalue weighted by Crippen LogP contribution is 2.23. The standard InChI is InChI=1S/C29H42IN3O7/c1-15-10-16(2)12-18(4)40-29(39)25(20(6)34)32-27(37)23(14-21-8-9-24(35)22(30)13-21)33(7)28(38)19(5)31-26(36)17(3)11-15/h8-10,13,16-20,23,25,34-35H,11-12,14H2,1-7H3,(H,31,36)(H,32,37)/b15-10+/t16-,17-,18-,19-,20?,23+,25-/m0/s1. The van der Waals surface area contributed by atoms with Crippen molar-refractivity contribution in [2.75, 3.05) is 7.05 Å². The Morgan fingerprint density at radius 3 is 2.35 bits per heavy atom. The smallest absolute Gasteiger partial charge is 0.331 e. The van der Waals surface area contributed by atoms with Crippen LogP contribution in [0.5, 0.6) is 5.75 Å². The molecule has 1 aliphatic heterocycles. The molecule has 1 unspecified atom stereocenters. The van der Waals surface area contributed by atoms with Gasteiger partial charge in [-0.15, -0.1) is 0 Å². The quantitative estimate of drug-likeness (QED) is 0.220. The summed E-state index contributed by atoms with van der Waals surface area (Å²) in [6.07, 6.45) is 1.34. The van der Waals surface area contributed by atoms with Gasteiger partial charge in [0.15, 0.2) is 6.04 Å². The Balaban J connectivity index is 2.48. The number of carbonyl (C=O) groups excluding carboxylic acids is 4. The zero-order chi connectivity index (χ0) is 30.3. The van der Waals surface area contributed by atoms with Crippen molar-refractivity contribution in [3.63, 3.8) is 0 Å². The zero-order valence-corrected chi connectivity index (χ0v) is 26.4. The molecular weight excluding hydrogens is 629 g/mol. The van der Waals surface area contributed by atoms with Crippen LogP contribution in [0.2, 0.25) is 0 Å². The largest absolute Gasteiger partial charge is 0.507 e. The zero-order valence-electron chi connectivity index (χ0n) is 24.2. The Bertz CT molecular complexity index is 1120. The number of allylic oxidation sites excluding steroid dienone is 2. The lowest BCUT2D eigenvalue weighted by molar-refractivity contribution is -0.156. The first kappa shape index (κ1) is 33.5. The molecule has 11 heteroatoms. The molecule has 4 N–H and O–H groups in total. The molecule has 7 atom stereocenters. The molecule has 0 fully saturated rings. The van der Waals surface area contributed by atoms with Crippen LogP contribution in [0, 0.1) is 15.4 Å². The number of aliphatic hydroxyl groups excluding tert-OH is 1. The number of aliphatic hydroxyl groups is 1. The van der Waals surface area contributed by atoms with Crippen LogP contribution < -0.4 is 10.6 Å². The van der Waals surface area contributed by atoms with Crippen LogP contribution in [-0.4, -0.2) is 76.2 Å². The van der Waals surface area contributed by atoms with E-state index in [0.717, 1.165) is 5.57 Å². The van der Waals surface area contributed by atoms with Crippen molar-refractivity contribution in [1.82, 2.24) is 15.5 Å². The number of hydrogen-bond acceptors (Lipinski definition) is 7. The van der Waals surface area contributed by atoms with Crippen molar-refractivity contribution in [3.8, 4) is 5.75 Å². The Morgan fingerprint density at radius 2 is 1.75 bits per heavy atom. The molecule has 1 aliphatic rings. The predicted octanol–water partition coefficient (Wildman–Crippen LogP) is 2.68. The minimum Gasteiger partial charge on any atom is -0.507 e. The van der Waals surface area contributed by atoms with Crippen LogP contribution in [0.3, 0.4) is 0 Å². The maximum absolute atomic E-state index is 13.6. The second-order valence-corrected chi connectivity index (χ2v) is 12.2. The fourth-order valence-electron chi connectivity index (χ4n) is 4.85. The van der Waals surface area contributed by atoms with E-state index in [1.807, 2.05) is 42.5 Å². The molecule has 1 aromatic carbocycles. The van der Waals surface area contributed by atoms with Crippen molar-refractivity contribution < 1.29 is 34.1 Å². The van der Waals surface area contributed by atoms with Gasteiger partial charge in [0.25, 0.3) is 0 Å². The van der Waals surface area contributed by atoms with Crippen LogP contribution in [0.25, 0.3) is 0 Å². The van der Waals surface area contributed by atoms with Crippen molar-refractivity contribution >= 4 is 46.3 Å². The maximum atomic E-state index is 13.6. The summed E-state index contributed by atoms with van der Waals surface area (Å²) in [4.78, 5) is 54.2. The number of rotatable bonds is 3.